The monoisotopic (exact) mass is 236 g/mol. The minimum atomic E-state index is 1.12. The summed E-state index contributed by atoms with van der Waals surface area (Å²) in [5.41, 5.74) is 4.30. The SMILES string of the molecule is CCCCc1cccc(NC)c1CC.CNC. The van der Waals surface area contributed by atoms with Crippen molar-refractivity contribution < 1.29 is 0 Å². The zero-order chi connectivity index (χ0) is 13.1. The van der Waals surface area contributed by atoms with Crippen LogP contribution in [-0.4, -0.2) is 21.1 Å². The fraction of sp³-hybridized carbons (Fsp3) is 0.600. The smallest absolute Gasteiger partial charge is 0.0372 e. The van der Waals surface area contributed by atoms with Gasteiger partial charge in [0.2, 0.25) is 0 Å². The van der Waals surface area contributed by atoms with Gasteiger partial charge in [-0.05, 0) is 50.6 Å². The molecule has 0 saturated carbocycles. The van der Waals surface area contributed by atoms with E-state index in [0.29, 0.717) is 0 Å². The Morgan fingerprint density at radius 2 is 1.71 bits per heavy atom. The van der Waals surface area contributed by atoms with E-state index >= 15 is 0 Å². The van der Waals surface area contributed by atoms with Crippen LogP contribution in [0.3, 0.4) is 0 Å². The van der Waals surface area contributed by atoms with Crippen molar-refractivity contribution >= 4 is 5.69 Å². The molecule has 2 heteroatoms. The Morgan fingerprint density at radius 1 is 1.06 bits per heavy atom. The first kappa shape index (κ1) is 16.0. The van der Waals surface area contributed by atoms with Gasteiger partial charge in [0, 0.05) is 12.7 Å². The Morgan fingerprint density at radius 3 is 2.18 bits per heavy atom. The van der Waals surface area contributed by atoms with E-state index in [1.54, 1.807) is 0 Å². The number of hydrogen-bond acceptors (Lipinski definition) is 2. The minimum Gasteiger partial charge on any atom is -0.388 e. The fourth-order valence-electron chi connectivity index (χ4n) is 1.89. The highest BCUT2D eigenvalue weighted by molar-refractivity contribution is 5.54. The van der Waals surface area contributed by atoms with Crippen molar-refractivity contribution in [1.29, 1.82) is 0 Å². The van der Waals surface area contributed by atoms with Gasteiger partial charge >= 0.3 is 0 Å². The zero-order valence-corrected chi connectivity index (χ0v) is 12.1. The Labute approximate surface area is 107 Å². The van der Waals surface area contributed by atoms with Gasteiger partial charge in [0.1, 0.15) is 0 Å². The highest BCUT2D eigenvalue weighted by atomic mass is 14.8. The second kappa shape index (κ2) is 10.2. The molecule has 0 aliphatic heterocycles. The van der Waals surface area contributed by atoms with Crippen LogP contribution < -0.4 is 10.6 Å². The van der Waals surface area contributed by atoms with Crippen molar-refractivity contribution in [2.45, 2.75) is 39.5 Å². The maximum atomic E-state index is 3.26. The van der Waals surface area contributed by atoms with Gasteiger partial charge in [0.05, 0.1) is 0 Å². The van der Waals surface area contributed by atoms with E-state index in [0.717, 1.165) is 6.42 Å². The molecule has 2 N–H and O–H groups in total. The molecule has 0 aromatic heterocycles. The van der Waals surface area contributed by atoms with Crippen molar-refractivity contribution in [3.8, 4) is 0 Å². The van der Waals surface area contributed by atoms with Crippen molar-refractivity contribution in [1.82, 2.24) is 5.32 Å². The maximum Gasteiger partial charge on any atom is 0.0372 e. The lowest BCUT2D eigenvalue weighted by molar-refractivity contribution is 0.787. The number of rotatable bonds is 5. The first-order valence-electron chi connectivity index (χ1n) is 6.62. The highest BCUT2D eigenvalue weighted by Gasteiger charge is 2.04. The standard InChI is InChI=1S/C13H21N.C2H7N/c1-4-6-8-11-9-7-10-13(14-3)12(11)5-2;1-3-2/h7,9-10,14H,4-6,8H2,1-3H3;3H,1-2H3. The molecular weight excluding hydrogens is 208 g/mol. The van der Waals surface area contributed by atoms with Gasteiger partial charge in [0.15, 0.2) is 0 Å². The molecule has 0 amide bonds. The lowest BCUT2D eigenvalue weighted by Crippen LogP contribution is -1.99. The Kier molecular flexibility index (Phi) is 9.55. The molecule has 0 spiro atoms. The van der Waals surface area contributed by atoms with E-state index in [1.165, 1.54) is 36.1 Å². The first-order chi connectivity index (χ1) is 8.24. The molecule has 0 aliphatic rings. The average molecular weight is 236 g/mol. The second-order valence-corrected chi connectivity index (χ2v) is 4.15. The van der Waals surface area contributed by atoms with Crippen molar-refractivity contribution in [3.05, 3.63) is 29.3 Å². The summed E-state index contributed by atoms with van der Waals surface area (Å²) >= 11 is 0. The number of anilines is 1. The summed E-state index contributed by atoms with van der Waals surface area (Å²) in [6, 6.07) is 6.57. The number of nitrogens with one attached hydrogen (secondary N) is 2. The topological polar surface area (TPSA) is 24.1 Å². The third-order valence-electron chi connectivity index (χ3n) is 2.70. The molecule has 0 atom stereocenters. The fourth-order valence-corrected chi connectivity index (χ4v) is 1.89. The maximum absolute atomic E-state index is 3.26. The first-order valence-corrected chi connectivity index (χ1v) is 6.62. The van der Waals surface area contributed by atoms with Crippen LogP contribution in [0.1, 0.15) is 37.8 Å². The summed E-state index contributed by atoms with van der Waals surface area (Å²) in [4.78, 5) is 0. The summed E-state index contributed by atoms with van der Waals surface area (Å²) in [5, 5.41) is 6.01. The predicted molar refractivity (Wildman–Crippen MR) is 79.0 cm³/mol. The molecule has 0 fully saturated rings. The lowest BCUT2D eigenvalue weighted by Gasteiger charge is -2.12. The van der Waals surface area contributed by atoms with E-state index in [1.807, 2.05) is 21.1 Å². The van der Waals surface area contributed by atoms with E-state index in [-0.39, 0.29) is 0 Å². The van der Waals surface area contributed by atoms with E-state index in [9.17, 15) is 0 Å². The molecule has 1 aromatic carbocycles. The Hall–Kier alpha value is -1.02. The molecule has 0 radical (unpaired) electrons. The zero-order valence-electron chi connectivity index (χ0n) is 12.1. The van der Waals surface area contributed by atoms with Gasteiger partial charge in [-0.2, -0.15) is 0 Å². The summed E-state index contributed by atoms with van der Waals surface area (Å²) < 4.78 is 0. The molecule has 98 valence electrons. The normalized spacial score (nSPS) is 9.47. The third kappa shape index (κ3) is 5.73. The Bertz CT molecular complexity index is 295. The summed E-state index contributed by atoms with van der Waals surface area (Å²) in [6.07, 6.45) is 4.90. The molecule has 0 saturated heterocycles. The van der Waals surface area contributed by atoms with Crippen LogP contribution in [0.4, 0.5) is 5.69 Å². The highest BCUT2D eigenvalue weighted by Crippen LogP contribution is 2.21. The van der Waals surface area contributed by atoms with Crippen molar-refractivity contribution in [2.75, 3.05) is 26.5 Å². The van der Waals surface area contributed by atoms with Gasteiger partial charge in [-0.3, -0.25) is 0 Å². The molecule has 0 unspecified atom stereocenters. The van der Waals surface area contributed by atoms with Crippen LogP contribution >= 0.6 is 0 Å². The Balaban J connectivity index is 0.000000770. The molecule has 17 heavy (non-hydrogen) atoms. The average Bonchev–Trinajstić information content (AvgIpc) is 2.36. The number of aryl methyl sites for hydroxylation is 1. The van der Waals surface area contributed by atoms with Crippen molar-refractivity contribution in [3.63, 3.8) is 0 Å². The molecule has 0 bridgehead atoms. The quantitative estimate of drug-likeness (QED) is 0.818. The van der Waals surface area contributed by atoms with Crippen LogP contribution in [0.5, 0.6) is 0 Å². The molecule has 0 heterocycles. The molecule has 0 aliphatic carbocycles. The minimum absolute atomic E-state index is 1.12. The predicted octanol–water partition coefficient (Wildman–Crippen LogP) is 3.47. The third-order valence-corrected chi connectivity index (χ3v) is 2.70. The van der Waals surface area contributed by atoms with E-state index in [2.05, 4.69) is 42.7 Å². The van der Waals surface area contributed by atoms with Crippen LogP contribution in [0.15, 0.2) is 18.2 Å². The van der Waals surface area contributed by atoms with Gasteiger partial charge in [0.25, 0.3) is 0 Å². The van der Waals surface area contributed by atoms with Gasteiger partial charge in [-0.1, -0.05) is 32.4 Å². The van der Waals surface area contributed by atoms with Gasteiger partial charge in [-0.15, -0.1) is 0 Å². The summed E-state index contributed by atoms with van der Waals surface area (Å²) in [5.74, 6) is 0. The lowest BCUT2D eigenvalue weighted by atomic mass is 9.98. The number of hydrogen-bond donors (Lipinski definition) is 2. The number of benzene rings is 1. The van der Waals surface area contributed by atoms with Crippen LogP contribution in [0.25, 0.3) is 0 Å². The van der Waals surface area contributed by atoms with Gasteiger partial charge < -0.3 is 10.6 Å². The molecule has 2 nitrogen and oxygen atoms in total. The van der Waals surface area contributed by atoms with Crippen LogP contribution in [0.2, 0.25) is 0 Å². The van der Waals surface area contributed by atoms with E-state index < -0.39 is 0 Å². The largest absolute Gasteiger partial charge is 0.388 e. The van der Waals surface area contributed by atoms with Gasteiger partial charge in [-0.25, -0.2) is 0 Å². The van der Waals surface area contributed by atoms with Crippen LogP contribution in [-0.2, 0) is 12.8 Å². The number of unbranched alkanes of at least 4 members (excludes halogenated alkanes) is 1. The summed E-state index contributed by atoms with van der Waals surface area (Å²) in [7, 11) is 5.75. The molecule has 1 aromatic rings. The van der Waals surface area contributed by atoms with Crippen molar-refractivity contribution in [2.24, 2.45) is 0 Å². The molecule has 1 rings (SSSR count). The summed E-state index contributed by atoms with van der Waals surface area (Å²) in [6.45, 7) is 4.47. The van der Waals surface area contributed by atoms with Crippen LogP contribution in [0, 0.1) is 0 Å². The van der Waals surface area contributed by atoms with E-state index in [4.69, 9.17) is 0 Å². The molecular formula is C15H28N2. The second-order valence-electron chi connectivity index (χ2n) is 4.15.